The Balaban J connectivity index is 1.72. The summed E-state index contributed by atoms with van der Waals surface area (Å²) >= 11 is 0. The lowest BCUT2D eigenvalue weighted by atomic mass is 9.71. The van der Waals surface area contributed by atoms with Crippen LogP contribution in [0.1, 0.15) is 99.3 Å². The SMILES string of the molecule is CCOC1C=C(CC/C=C(\C)CC/C=C(\C)CCC2=C(C)CCCC2(C)C)C(=O)O1. The quantitative estimate of drug-likeness (QED) is 0.258. The van der Waals surface area contributed by atoms with Crippen molar-refractivity contribution < 1.29 is 14.3 Å². The molecule has 1 atom stereocenters. The third kappa shape index (κ3) is 7.58. The third-order valence-corrected chi connectivity index (χ3v) is 6.55. The number of hydrogen-bond acceptors (Lipinski definition) is 3. The maximum atomic E-state index is 11.8. The van der Waals surface area contributed by atoms with E-state index in [4.69, 9.17) is 9.47 Å². The Morgan fingerprint density at radius 2 is 1.87 bits per heavy atom. The molecule has 0 aromatic carbocycles. The van der Waals surface area contributed by atoms with Gasteiger partial charge in [0.15, 0.2) is 0 Å². The zero-order chi connectivity index (χ0) is 22.1. The van der Waals surface area contributed by atoms with Crippen LogP contribution in [0.2, 0.25) is 0 Å². The van der Waals surface area contributed by atoms with E-state index < -0.39 is 6.29 Å². The zero-order valence-corrected chi connectivity index (χ0v) is 20.1. The van der Waals surface area contributed by atoms with Gasteiger partial charge in [0, 0.05) is 12.2 Å². The van der Waals surface area contributed by atoms with Gasteiger partial charge in [-0.2, -0.15) is 0 Å². The summed E-state index contributed by atoms with van der Waals surface area (Å²) in [5, 5.41) is 0. The molecule has 0 aromatic rings. The van der Waals surface area contributed by atoms with E-state index in [0.717, 1.165) is 31.3 Å². The fourth-order valence-corrected chi connectivity index (χ4v) is 4.65. The lowest BCUT2D eigenvalue weighted by molar-refractivity contribution is -0.158. The molecule has 0 fully saturated rings. The standard InChI is InChI=1S/C27H42O3/c1-7-29-25-19-23(26(28)30-25)15-9-13-20(2)11-8-12-21(3)16-17-24-22(4)14-10-18-27(24,5)6/h12-13,19,25H,7-11,14-18H2,1-6H3/b20-13+,21-12+. The second kappa shape index (κ2) is 11.7. The minimum absolute atomic E-state index is 0.232. The van der Waals surface area contributed by atoms with E-state index in [9.17, 15) is 4.79 Å². The highest BCUT2D eigenvalue weighted by Gasteiger charge is 2.27. The van der Waals surface area contributed by atoms with Crippen molar-refractivity contribution in [1.29, 1.82) is 0 Å². The summed E-state index contributed by atoms with van der Waals surface area (Å²) < 4.78 is 10.5. The second-order valence-corrected chi connectivity index (χ2v) is 9.60. The van der Waals surface area contributed by atoms with Crippen molar-refractivity contribution in [2.24, 2.45) is 5.41 Å². The number of cyclic esters (lactones) is 1. The first kappa shape index (κ1) is 24.7. The van der Waals surface area contributed by atoms with Gasteiger partial charge < -0.3 is 9.47 Å². The maximum absolute atomic E-state index is 11.8. The van der Waals surface area contributed by atoms with E-state index in [1.165, 1.54) is 43.3 Å². The highest BCUT2D eigenvalue weighted by atomic mass is 16.7. The highest BCUT2D eigenvalue weighted by molar-refractivity contribution is 5.90. The molecule has 168 valence electrons. The molecule has 0 saturated heterocycles. The monoisotopic (exact) mass is 414 g/mol. The molecule has 0 saturated carbocycles. The van der Waals surface area contributed by atoms with Gasteiger partial charge in [-0.3, -0.25) is 0 Å². The van der Waals surface area contributed by atoms with Crippen molar-refractivity contribution in [1.82, 2.24) is 0 Å². The van der Waals surface area contributed by atoms with E-state index in [0.29, 0.717) is 12.0 Å². The molecule has 1 unspecified atom stereocenters. The summed E-state index contributed by atoms with van der Waals surface area (Å²) in [5.74, 6) is -0.232. The van der Waals surface area contributed by atoms with E-state index in [2.05, 4.69) is 46.8 Å². The first-order valence-corrected chi connectivity index (χ1v) is 11.8. The van der Waals surface area contributed by atoms with E-state index >= 15 is 0 Å². The van der Waals surface area contributed by atoms with Crippen LogP contribution in [0.3, 0.4) is 0 Å². The smallest absolute Gasteiger partial charge is 0.336 e. The summed E-state index contributed by atoms with van der Waals surface area (Å²) in [5.41, 5.74) is 7.34. The van der Waals surface area contributed by atoms with Crippen LogP contribution in [0, 0.1) is 5.41 Å². The first-order valence-electron chi connectivity index (χ1n) is 11.8. The second-order valence-electron chi connectivity index (χ2n) is 9.60. The Kier molecular flexibility index (Phi) is 9.61. The summed E-state index contributed by atoms with van der Waals surface area (Å²) in [6, 6.07) is 0. The third-order valence-electron chi connectivity index (χ3n) is 6.55. The van der Waals surface area contributed by atoms with Crippen LogP contribution in [0.15, 0.2) is 46.1 Å². The normalized spacial score (nSPS) is 22.4. The molecule has 3 nitrogen and oxygen atoms in total. The summed E-state index contributed by atoms with van der Waals surface area (Å²) in [4.78, 5) is 11.8. The molecule has 0 aromatic heterocycles. The largest absolute Gasteiger partial charge is 0.429 e. The van der Waals surface area contributed by atoms with Crippen molar-refractivity contribution in [3.05, 3.63) is 46.1 Å². The van der Waals surface area contributed by atoms with Gasteiger partial charge >= 0.3 is 5.97 Å². The predicted octanol–water partition coefficient (Wildman–Crippen LogP) is 7.59. The van der Waals surface area contributed by atoms with Crippen LogP contribution in [0.4, 0.5) is 0 Å². The maximum Gasteiger partial charge on any atom is 0.336 e. The fourth-order valence-electron chi connectivity index (χ4n) is 4.65. The number of allylic oxidation sites excluding steroid dienone is 6. The van der Waals surface area contributed by atoms with Crippen LogP contribution >= 0.6 is 0 Å². The molecule has 0 radical (unpaired) electrons. The van der Waals surface area contributed by atoms with Crippen LogP contribution in [0.5, 0.6) is 0 Å². The van der Waals surface area contributed by atoms with Crippen molar-refractivity contribution in [3.63, 3.8) is 0 Å². The van der Waals surface area contributed by atoms with Gasteiger partial charge in [0.1, 0.15) is 0 Å². The van der Waals surface area contributed by atoms with Gasteiger partial charge in [0.2, 0.25) is 6.29 Å². The minimum Gasteiger partial charge on any atom is -0.429 e. The summed E-state index contributed by atoms with van der Waals surface area (Å²) in [6.07, 6.45) is 16.1. The van der Waals surface area contributed by atoms with Gasteiger partial charge in [0.05, 0.1) is 0 Å². The van der Waals surface area contributed by atoms with Gasteiger partial charge in [-0.15, -0.1) is 0 Å². The number of hydrogen-bond donors (Lipinski definition) is 0. The molecule has 0 bridgehead atoms. The fraction of sp³-hybridized carbons (Fsp3) is 0.667. The van der Waals surface area contributed by atoms with E-state index in [1.54, 1.807) is 11.1 Å². The molecule has 1 aliphatic carbocycles. The molecule has 1 aliphatic heterocycles. The molecule has 0 spiro atoms. The molecule has 1 heterocycles. The zero-order valence-electron chi connectivity index (χ0n) is 20.1. The number of rotatable bonds is 11. The van der Waals surface area contributed by atoms with Crippen molar-refractivity contribution in [3.8, 4) is 0 Å². The first-order chi connectivity index (χ1) is 14.2. The van der Waals surface area contributed by atoms with Gasteiger partial charge in [-0.05, 0) is 97.0 Å². The average Bonchev–Trinajstić information content (AvgIpc) is 3.00. The molecule has 0 N–H and O–H groups in total. The van der Waals surface area contributed by atoms with Gasteiger partial charge in [0.25, 0.3) is 0 Å². The van der Waals surface area contributed by atoms with Crippen molar-refractivity contribution in [2.75, 3.05) is 6.61 Å². The van der Waals surface area contributed by atoms with Crippen LogP contribution in [-0.2, 0) is 14.3 Å². The lowest BCUT2D eigenvalue weighted by Crippen LogP contribution is -2.20. The predicted molar refractivity (Wildman–Crippen MR) is 125 cm³/mol. The number of esters is 1. The highest BCUT2D eigenvalue weighted by Crippen LogP contribution is 2.42. The molecule has 0 amide bonds. The molecule has 30 heavy (non-hydrogen) atoms. The number of ether oxygens (including phenoxy) is 2. The van der Waals surface area contributed by atoms with Gasteiger partial charge in [-0.1, -0.05) is 48.3 Å². The van der Waals surface area contributed by atoms with Crippen LogP contribution in [0.25, 0.3) is 0 Å². The minimum atomic E-state index is -0.491. The Morgan fingerprint density at radius 1 is 1.17 bits per heavy atom. The lowest BCUT2D eigenvalue weighted by Gasteiger charge is -2.35. The Morgan fingerprint density at radius 3 is 2.57 bits per heavy atom. The molecular weight excluding hydrogens is 372 g/mol. The van der Waals surface area contributed by atoms with Crippen LogP contribution in [-0.4, -0.2) is 18.9 Å². The van der Waals surface area contributed by atoms with Crippen molar-refractivity contribution in [2.45, 2.75) is 106 Å². The Hall–Kier alpha value is -1.61. The number of carbonyl (C=O) groups is 1. The summed E-state index contributed by atoms with van der Waals surface area (Å²) in [6.45, 7) is 14.1. The number of carbonyl (C=O) groups excluding carboxylic acids is 1. The van der Waals surface area contributed by atoms with E-state index in [1.807, 2.05) is 13.0 Å². The van der Waals surface area contributed by atoms with Crippen LogP contribution < -0.4 is 0 Å². The summed E-state index contributed by atoms with van der Waals surface area (Å²) in [7, 11) is 0. The van der Waals surface area contributed by atoms with E-state index in [-0.39, 0.29) is 5.97 Å². The molecule has 3 heteroatoms. The molecule has 2 aliphatic rings. The topological polar surface area (TPSA) is 35.5 Å². The van der Waals surface area contributed by atoms with Gasteiger partial charge in [-0.25, -0.2) is 4.79 Å². The Labute approximate surface area is 184 Å². The molecule has 2 rings (SSSR count). The Bertz CT molecular complexity index is 718. The average molecular weight is 415 g/mol. The molecular formula is C27H42O3. The van der Waals surface area contributed by atoms with Crippen molar-refractivity contribution >= 4 is 5.97 Å².